The van der Waals surface area contributed by atoms with Crippen molar-refractivity contribution in [3.63, 3.8) is 0 Å². The number of nitrogens with zero attached hydrogens (tertiary/aromatic N) is 1. The lowest BCUT2D eigenvalue weighted by Crippen LogP contribution is -2.25. The van der Waals surface area contributed by atoms with Gasteiger partial charge >= 0.3 is 5.97 Å². The summed E-state index contributed by atoms with van der Waals surface area (Å²) in [4.78, 5) is 15.4. The van der Waals surface area contributed by atoms with Crippen LogP contribution < -0.4 is 0 Å². The van der Waals surface area contributed by atoms with Crippen molar-refractivity contribution in [2.75, 3.05) is 6.61 Å². The molecule has 0 spiro atoms. The van der Waals surface area contributed by atoms with Crippen molar-refractivity contribution < 1.29 is 14.3 Å². The molecule has 1 aliphatic heterocycles. The van der Waals surface area contributed by atoms with Crippen molar-refractivity contribution in [1.29, 1.82) is 0 Å². The maximum absolute atomic E-state index is 11.5. The molecule has 14 heavy (non-hydrogen) atoms. The number of esters is 1. The predicted octanol–water partition coefficient (Wildman–Crippen LogP) is 1.66. The van der Waals surface area contributed by atoms with E-state index >= 15 is 0 Å². The van der Waals surface area contributed by atoms with Crippen LogP contribution in [0.15, 0.2) is 17.0 Å². The van der Waals surface area contributed by atoms with E-state index in [1.807, 2.05) is 20.8 Å². The molecule has 4 nitrogen and oxygen atoms in total. The molecule has 0 unspecified atom stereocenters. The van der Waals surface area contributed by atoms with Gasteiger partial charge < -0.3 is 9.47 Å². The molecule has 0 radical (unpaired) electrons. The number of ether oxygens (including phenoxy) is 2. The van der Waals surface area contributed by atoms with Crippen LogP contribution in [0.5, 0.6) is 0 Å². The molecule has 0 aromatic rings. The van der Waals surface area contributed by atoms with Gasteiger partial charge in [0.1, 0.15) is 5.60 Å². The second kappa shape index (κ2) is 4.26. The number of aliphatic imine (C=N–C) groups is 1. The van der Waals surface area contributed by atoms with Gasteiger partial charge in [0, 0.05) is 12.6 Å². The van der Waals surface area contributed by atoms with Gasteiger partial charge in [-0.2, -0.15) is 0 Å². The van der Waals surface area contributed by atoms with Gasteiger partial charge in [0.25, 0.3) is 0 Å². The standard InChI is InChI=1S/C10H15NO3/c1-10(2,3)14-9(12)8-7-11-5-4-6-13-8/h5,7H,4,6H2,1-3H3. The molecule has 0 saturated heterocycles. The molecule has 1 aliphatic rings. The fourth-order valence-corrected chi connectivity index (χ4v) is 0.894. The van der Waals surface area contributed by atoms with Crippen LogP contribution in [0.1, 0.15) is 27.2 Å². The van der Waals surface area contributed by atoms with Crippen molar-refractivity contribution in [2.24, 2.45) is 4.99 Å². The molecule has 4 heteroatoms. The van der Waals surface area contributed by atoms with E-state index in [1.54, 1.807) is 6.21 Å². The Labute approximate surface area is 83.6 Å². The smallest absolute Gasteiger partial charge is 0.375 e. The summed E-state index contributed by atoms with van der Waals surface area (Å²) in [6, 6.07) is 0. The van der Waals surface area contributed by atoms with Crippen LogP contribution in [0.3, 0.4) is 0 Å². The minimum atomic E-state index is -0.503. The molecule has 0 N–H and O–H groups in total. The minimum Gasteiger partial charge on any atom is -0.485 e. The summed E-state index contributed by atoms with van der Waals surface area (Å²) in [7, 11) is 0. The number of carbonyl (C=O) groups excluding carboxylic acids is 1. The topological polar surface area (TPSA) is 47.9 Å². The van der Waals surface area contributed by atoms with Crippen LogP contribution in [0.25, 0.3) is 0 Å². The summed E-state index contributed by atoms with van der Waals surface area (Å²) in [5, 5.41) is 0. The van der Waals surface area contributed by atoms with E-state index in [4.69, 9.17) is 9.47 Å². The van der Waals surface area contributed by atoms with Gasteiger partial charge in [-0.3, -0.25) is 4.99 Å². The van der Waals surface area contributed by atoms with Gasteiger partial charge in [-0.1, -0.05) is 0 Å². The zero-order chi connectivity index (χ0) is 10.6. The molecule has 0 bridgehead atoms. The molecule has 1 heterocycles. The Bertz CT molecular complexity index is 274. The van der Waals surface area contributed by atoms with Crippen LogP contribution in [0, 0.1) is 0 Å². The van der Waals surface area contributed by atoms with Crippen molar-refractivity contribution in [3.8, 4) is 0 Å². The van der Waals surface area contributed by atoms with Gasteiger partial charge in [0.05, 0.1) is 12.8 Å². The molecule has 0 fully saturated rings. The van der Waals surface area contributed by atoms with Gasteiger partial charge in [-0.15, -0.1) is 0 Å². The highest BCUT2D eigenvalue weighted by Crippen LogP contribution is 2.12. The van der Waals surface area contributed by atoms with E-state index in [0.717, 1.165) is 0 Å². The average molecular weight is 197 g/mol. The first-order valence-corrected chi connectivity index (χ1v) is 4.57. The third kappa shape index (κ3) is 3.60. The van der Waals surface area contributed by atoms with Gasteiger partial charge in [-0.25, -0.2) is 4.79 Å². The Morgan fingerprint density at radius 1 is 1.57 bits per heavy atom. The number of hydrogen-bond acceptors (Lipinski definition) is 4. The summed E-state index contributed by atoms with van der Waals surface area (Å²) < 4.78 is 10.3. The van der Waals surface area contributed by atoms with E-state index in [9.17, 15) is 4.79 Å². The molecule has 0 aliphatic carbocycles. The van der Waals surface area contributed by atoms with E-state index in [0.29, 0.717) is 13.0 Å². The largest absolute Gasteiger partial charge is 0.485 e. The van der Waals surface area contributed by atoms with Crippen LogP contribution >= 0.6 is 0 Å². The Kier molecular flexibility index (Phi) is 3.28. The summed E-state index contributed by atoms with van der Waals surface area (Å²) in [6.45, 7) is 5.90. The lowest BCUT2D eigenvalue weighted by molar-refractivity contribution is -0.154. The first-order chi connectivity index (χ1) is 6.49. The summed E-state index contributed by atoms with van der Waals surface area (Å²) >= 11 is 0. The molecule has 0 atom stereocenters. The molecule has 0 saturated carbocycles. The van der Waals surface area contributed by atoms with E-state index in [-0.39, 0.29) is 5.76 Å². The second-order valence-corrected chi connectivity index (χ2v) is 3.96. The van der Waals surface area contributed by atoms with E-state index < -0.39 is 11.6 Å². The van der Waals surface area contributed by atoms with Gasteiger partial charge in [0.2, 0.25) is 5.76 Å². The number of hydrogen-bond donors (Lipinski definition) is 0. The maximum atomic E-state index is 11.5. The predicted molar refractivity (Wildman–Crippen MR) is 53.0 cm³/mol. The highest BCUT2D eigenvalue weighted by atomic mass is 16.6. The van der Waals surface area contributed by atoms with E-state index in [2.05, 4.69) is 4.99 Å². The van der Waals surface area contributed by atoms with Crippen molar-refractivity contribution in [3.05, 3.63) is 12.0 Å². The molecular formula is C10H15NO3. The van der Waals surface area contributed by atoms with E-state index in [1.165, 1.54) is 6.20 Å². The molecule has 0 amide bonds. The highest BCUT2D eigenvalue weighted by Gasteiger charge is 2.21. The molecule has 0 aromatic carbocycles. The average Bonchev–Trinajstić information content (AvgIpc) is 2.27. The highest BCUT2D eigenvalue weighted by molar-refractivity contribution is 5.86. The monoisotopic (exact) mass is 197 g/mol. The van der Waals surface area contributed by atoms with Gasteiger partial charge in [0.15, 0.2) is 0 Å². The normalized spacial score (nSPS) is 16.6. The third-order valence-electron chi connectivity index (χ3n) is 1.40. The maximum Gasteiger partial charge on any atom is 0.375 e. The van der Waals surface area contributed by atoms with Gasteiger partial charge in [-0.05, 0) is 20.8 Å². The lowest BCUT2D eigenvalue weighted by Gasteiger charge is -2.19. The molecule has 1 rings (SSSR count). The second-order valence-electron chi connectivity index (χ2n) is 3.96. The summed E-state index contributed by atoms with van der Waals surface area (Å²) in [5.74, 6) is -0.287. The molecule has 0 aromatic heterocycles. The quantitative estimate of drug-likeness (QED) is 0.600. The molecular weight excluding hydrogens is 182 g/mol. The summed E-state index contributed by atoms with van der Waals surface area (Å²) in [5.41, 5.74) is -0.503. The zero-order valence-electron chi connectivity index (χ0n) is 8.74. The van der Waals surface area contributed by atoms with Crippen LogP contribution in [-0.2, 0) is 14.3 Å². The van der Waals surface area contributed by atoms with Crippen LogP contribution in [0.4, 0.5) is 0 Å². The van der Waals surface area contributed by atoms with Crippen LogP contribution in [-0.4, -0.2) is 24.4 Å². The third-order valence-corrected chi connectivity index (χ3v) is 1.40. The molecule has 78 valence electrons. The number of rotatable bonds is 1. The Hall–Kier alpha value is -1.32. The number of carbonyl (C=O) groups is 1. The first-order valence-electron chi connectivity index (χ1n) is 4.57. The Morgan fingerprint density at radius 2 is 2.29 bits per heavy atom. The Morgan fingerprint density at radius 3 is 2.93 bits per heavy atom. The zero-order valence-corrected chi connectivity index (χ0v) is 8.74. The fourth-order valence-electron chi connectivity index (χ4n) is 0.894. The minimum absolute atomic E-state index is 0.175. The van der Waals surface area contributed by atoms with Crippen molar-refractivity contribution in [1.82, 2.24) is 0 Å². The summed E-state index contributed by atoms with van der Waals surface area (Å²) in [6.07, 6.45) is 3.81. The SMILES string of the molecule is CC(C)(C)OC(=O)C1=CN=CCCO1. The van der Waals surface area contributed by atoms with Crippen molar-refractivity contribution >= 4 is 12.2 Å². The Balaban J connectivity index is 2.60. The fraction of sp³-hybridized carbons (Fsp3) is 0.600. The lowest BCUT2D eigenvalue weighted by atomic mass is 10.2. The van der Waals surface area contributed by atoms with Crippen molar-refractivity contribution in [2.45, 2.75) is 32.8 Å². The van der Waals surface area contributed by atoms with Crippen LogP contribution in [0.2, 0.25) is 0 Å². The first kappa shape index (κ1) is 10.8.